The van der Waals surface area contributed by atoms with Gasteiger partial charge in [-0.05, 0) is 64.4 Å². The van der Waals surface area contributed by atoms with Crippen molar-refractivity contribution in [1.82, 2.24) is 15.1 Å². The molecule has 2 amide bonds. The molecule has 1 aliphatic heterocycles. The van der Waals surface area contributed by atoms with Crippen LogP contribution in [0.15, 0.2) is 24.3 Å². The van der Waals surface area contributed by atoms with E-state index in [-0.39, 0.29) is 17.9 Å². The molecule has 1 fully saturated rings. The van der Waals surface area contributed by atoms with Gasteiger partial charge in [0.05, 0.1) is 22.4 Å². The molecule has 2 heterocycles. The summed E-state index contributed by atoms with van der Waals surface area (Å²) < 4.78 is 1.68. The lowest BCUT2D eigenvalue weighted by Crippen LogP contribution is -2.35. The molecule has 0 radical (unpaired) electrons. The van der Waals surface area contributed by atoms with Crippen LogP contribution in [0.2, 0.25) is 5.02 Å². The largest absolute Gasteiger partial charge is 0.325 e. The van der Waals surface area contributed by atoms with Crippen LogP contribution in [0.25, 0.3) is 0 Å². The van der Waals surface area contributed by atoms with Crippen molar-refractivity contribution in [3.05, 3.63) is 40.7 Å². The first-order valence-electron chi connectivity index (χ1n) is 9.02. The standard InChI is InChI=1S/C19H24ClN5O2/c1-11-9-12(2)25(24-11)13(3)18(26)23-16-7-6-14(10-15(16)20)22-19(27)17-5-4-8-21-17/h6-7,9-10,13,17,21H,4-5,8H2,1-3H3,(H,22,27)(H,23,26). The summed E-state index contributed by atoms with van der Waals surface area (Å²) in [6.07, 6.45) is 1.83. The zero-order chi connectivity index (χ0) is 19.6. The fourth-order valence-electron chi connectivity index (χ4n) is 3.22. The molecule has 3 rings (SSSR count). The van der Waals surface area contributed by atoms with Crippen LogP contribution in [0.1, 0.15) is 37.2 Å². The Hall–Kier alpha value is -2.38. The number of rotatable bonds is 5. The van der Waals surface area contributed by atoms with E-state index in [0.29, 0.717) is 16.4 Å². The van der Waals surface area contributed by atoms with Crippen molar-refractivity contribution < 1.29 is 9.59 Å². The molecule has 7 nitrogen and oxygen atoms in total. The van der Waals surface area contributed by atoms with Crippen molar-refractivity contribution in [3.63, 3.8) is 0 Å². The zero-order valence-corrected chi connectivity index (χ0v) is 16.4. The van der Waals surface area contributed by atoms with Gasteiger partial charge in [-0.3, -0.25) is 14.3 Å². The van der Waals surface area contributed by atoms with Crippen molar-refractivity contribution in [2.75, 3.05) is 17.2 Å². The Morgan fingerprint density at radius 2 is 2.07 bits per heavy atom. The summed E-state index contributed by atoms with van der Waals surface area (Å²) in [6, 6.07) is 6.34. The molecule has 0 aliphatic carbocycles. The number of carbonyl (C=O) groups is 2. The van der Waals surface area contributed by atoms with Crippen molar-refractivity contribution in [2.24, 2.45) is 0 Å². The van der Waals surface area contributed by atoms with Gasteiger partial charge < -0.3 is 16.0 Å². The molecule has 1 aromatic carbocycles. The Bertz CT molecular complexity index is 858. The second kappa shape index (κ2) is 8.10. The highest BCUT2D eigenvalue weighted by Gasteiger charge is 2.22. The zero-order valence-electron chi connectivity index (χ0n) is 15.7. The maximum Gasteiger partial charge on any atom is 0.248 e. The smallest absolute Gasteiger partial charge is 0.248 e. The first kappa shape index (κ1) is 19.4. The van der Waals surface area contributed by atoms with Crippen molar-refractivity contribution in [3.8, 4) is 0 Å². The Kier molecular flexibility index (Phi) is 5.82. The summed E-state index contributed by atoms with van der Waals surface area (Å²) >= 11 is 6.30. The maximum absolute atomic E-state index is 12.6. The Morgan fingerprint density at radius 1 is 1.30 bits per heavy atom. The molecule has 2 atom stereocenters. The highest BCUT2D eigenvalue weighted by molar-refractivity contribution is 6.34. The highest BCUT2D eigenvalue weighted by Crippen LogP contribution is 2.27. The van der Waals surface area contributed by atoms with Gasteiger partial charge in [-0.2, -0.15) is 5.10 Å². The topological polar surface area (TPSA) is 88.0 Å². The highest BCUT2D eigenvalue weighted by atomic mass is 35.5. The van der Waals surface area contributed by atoms with Gasteiger partial charge in [0, 0.05) is 11.4 Å². The molecule has 3 N–H and O–H groups in total. The number of halogens is 1. The van der Waals surface area contributed by atoms with E-state index in [2.05, 4.69) is 21.0 Å². The molecule has 0 bridgehead atoms. The van der Waals surface area contributed by atoms with E-state index >= 15 is 0 Å². The average molecular weight is 390 g/mol. The van der Waals surface area contributed by atoms with Crippen LogP contribution in [0.4, 0.5) is 11.4 Å². The average Bonchev–Trinajstić information content (AvgIpc) is 3.26. The summed E-state index contributed by atoms with van der Waals surface area (Å²) in [5.41, 5.74) is 2.87. The normalized spacial score (nSPS) is 17.6. The lowest BCUT2D eigenvalue weighted by molar-refractivity contribution is -0.119. The fraction of sp³-hybridized carbons (Fsp3) is 0.421. The second-order valence-corrected chi connectivity index (χ2v) is 7.28. The third-order valence-corrected chi connectivity index (χ3v) is 4.97. The third-order valence-electron chi connectivity index (χ3n) is 4.66. The Labute approximate surface area is 163 Å². The monoisotopic (exact) mass is 389 g/mol. The van der Waals surface area contributed by atoms with Gasteiger partial charge in [-0.25, -0.2) is 0 Å². The number of carbonyl (C=O) groups excluding carboxylic acids is 2. The van der Waals surface area contributed by atoms with E-state index in [1.54, 1.807) is 29.8 Å². The Balaban J connectivity index is 1.65. The lowest BCUT2D eigenvalue weighted by atomic mass is 10.2. The number of aryl methyl sites for hydroxylation is 2. The molecule has 1 aromatic heterocycles. The number of hydrogen-bond acceptors (Lipinski definition) is 4. The summed E-state index contributed by atoms with van der Waals surface area (Å²) in [5.74, 6) is -0.284. The predicted octanol–water partition coefficient (Wildman–Crippen LogP) is 3.04. The van der Waals surface area contributed by atoms with Crippen LogP contribution < -0.4 is 16.0 Å². The van der Waals surface area contributed by atoms with Crippen molar-refractivity contribution in [2.45, 2.75) is 45.7 Å². The lowest BCUT2D eigenvalue weighted by Gasteiger charge is -2.16. The van der Waals surface area contributed by atoms with Crippen LogP contribution in [0, 0.1) is 13.8 Å². The number of nitrogens with one attached hydrogen (secondary N) is 3. The summed E-state index contributed by atoms with van der Waals surface area (Å²) in [7, 11) is 0. The van der Waals surface area contributed by atoms with Gasteiger partial charge in [0.15, 0.2) is 0 Å². The minimum Gasteiger partial charge on any atom is -0.325 e. The van der Waals surface area contributed by atoms with E-state index in [4.69, 9.17) is 11.6 Å². The molecule has 144 valence electrons. The summed E-state index contributed by atoms with van der Waals surface area (Å²) in [4.78, 5) is 24.7. The maximum atomic E-state index is 12.6. The number of benzene rings is 1. The molecule has 2 aromatic rings. The van der Waals surface area contributed by atoms with Gasteiger partial charge in [0.25, 0.3) is 0 Å². The van der Waals surface area contributed by atoms with Gasteiger partial charge in [0.1, 0.15) is 6.04 Å². The molecule has 1 aliphatic rings. The van der Waals surface area contributed by atoms with Gasteiger partial charge >= 0.3 is 0 Å². The SMILES string of the molecule is Cc1cc(C)n(C(C)C(=O)Nc2ccc(NC(=O)C3CCCN3)cc2Cl)n1. The first-order valence-corrected chi connectivity index (χ1v) is 9.40. The molecule has 0 spiro atoms. The molecule has 1 saturated heterocycles. The second-order valence-electron chi connectivity index (χ2n) is 6.87. The quantitative estimate of drug-likeness (QED) is 0.733. The minimum atomic E-state index is -0.470. The molecule has 0 saturated carbocycles. The van der Waals surface area contributed by atoms with Crippen LogP contribution in [0.5, 0.6) is 0 Å². The van der Waals surface area contributed by atoms with E-state index in [1.807, 2.05) is 19.9 Å². The van der Waals surface area contributed by atoms with Crippen LogP contribution >= 0.6 is 11.6 Å². The Morgan fingerprint density at radius 3 is 2.67 bits per heavy atom. The minimum absolute atomic E-state index is 0.0708. The fourth-order valence-corrected chi connectivity index (χ4v) is 3.45. The number of aromatic nitrogens is 2. The van der Waals surface area contributed by atoms with Crippen LogP contribution in [-0.4, -0.2) is 34.2 Å². The van der Waals surface area contributed by atoms with Crippen molar-refractivity contribution in [1.29, 1.82) is 0 Å². The van der Waals surface area contributed by atoms with Crippen LogP contribution in [-0.2, 0) is 9.59 Å². The number of hydrogen-bond donors (Lipinski definition) is 3. The molecular formula is C19H24ClN5O2. The van der Waals surface area contributed by atoms with E-state index in [0.717, 1.165) is 30.8 Å². The summed E-state index contributed by atoms with van der Waals surface area (Å²) in [6.45, 7) is 6.44. The van der Waals surface area contributed by atoms with E-state index < -0.39 is 6.04 Å². The number of nitrogens with zero attached hydrogens (tertiary/aromatic N) is 2. The first-order chi connectivity index (χ1) is 12.8. The molecule has 27 heavy (non-hydrogen) atoms. The van der Waals surface area contributed by atoms with Gasteiger partial charge in [0.2, 0.25) is 11.8 Å². The molecule has 2 unspecified atom stereocenters. The van der Waals surface area contributed by atoms with Gasteiger partial charge in [-0.15, -0.1) is 0 Å². The van der Waals surface area contributed by atoms with Crippen LogP contribution in [0.3, 0.4) is 0 Å². The number of anilines is 2. The number of amides is 2. The molecule has 8 heteroatoms. The summed E-state index contributed by atoms with van der Waals surface area (Å²) in [5, 5.41) is 13.5. The van der Waals surface area contributed by atoms with E-state index in [1.165, 1.54) is 0 Å². The third kappa shape index (κ3) is 4.48. The van der Waals surface area contributed by atoms with Gasteiger partial charge in [-0.1, -0.05) is 11.6 Å². The van der Waals surface area contributed by atoms with E-state index in [9.17, 15) is 9.59 Å². The van der Waals surface area contributed by atoms with Crippen molar-refractivity contribution >= 4 is 34.8 Å². The molecular weight excluding hydrogens is 366 g/mol. The predicted molar refractivity (Wildman–Crippen MR) is 106 cm³/mol.